The molecule has 0 atom stereocenters. The van der Waals surface area contributed by atoms with Gasteiger partial charge < -0.3 is 4.74 Å². The van der Waals surface area contributed by atoms with Crippen LogP contribution in [0.1, 0.15) is 27.2 Å². The summed E-state index contributed by atoms with van der Waals surface area (Å²) >= 11 is 0. The Morgan fingerprint density at radius 1 is 1.31 bits per heavy atom. The summed E-state index contributed by atoms with van der Waals surface area (Å²) in [5.41, 5.74) is 0. The van der Waals surface area contributed by atoms with Crippen LogP contribution in [0.4, 0.5) is 0 Å². The molecule has 0 aliphatic rings. The van der Waals surface area contributed by atoms with E-state index in [0.717, 1.165) is 13.0 Å². The molecule has 0 fully saturated rings. The molecule has 0 unspecified atom stereocenters. The zero-order valence-corrected chi connectivity index (χ0v) is 9.08. The van der Waals surface area contributed by atoms with Crippen molar-refractivity contribution in [3.8, 4) is 0 Å². The fourth-order valence-electron chi connectivity index (χ4n) is 0.699. The Morgan fingerprint density at radius 3 is 2.46 bits per heavy atom. The normalized spacial score (nSPS) is 11.5. The molecule has 80 valence electrons. The van der Waals surface area contributed by atoms with Gasteiger partial charge in [0.2, 0.25) is 0 Å². The van der Waals surface area contributed by atoms with Crippen molar-refractivity contribution in [1.29, 1.82) is 0 Å². The molecule has 0 aromatic heterocycles. The number of ether oxygens (including phenoxy) is 1. The van der Waals surface area contributed by atoms with E-state index in [1.165, 1.54) is 5.23 Å². The molecule has 0 saturated heterocycles. The predicted molar refractivity (Wildman–Crippen MR) is 50.7 cm³/mol. The Morgan fingerprint density at radius 2 is 2.00 bits per heavy atom. The van der Waals surface area contributed by atoms with E-state index < -0.39 is 0 Å². The molecule has 0 N–H and O–H groups in total. The maximum Gasteiger partial charge on any atom is 0.149 e. The molecule has 0 heterocycles. The number of rotatable bonds is 8. The van der Waals surface area contributed by atoms with E-state index >= 15 is 0 Å². The largest absolute Gasteiger partial charge is 0.361 e. The molecule has 0 aromatic carbocycles. The summed E-state index contributed by atoms with van der Waals surface area (Å²) in [4.78, 5) is 10.1. The average molecular weight is 191 g/mol. The zero-order chi connectivity index (χ0) is 10.1. The van der Waals surface area contributed by atoms with Gasteiger partial charge in [-0.15, -0.1) is 0 Å². The standard InChI is InChI=1S/C9H21NO3/c1-5-6-13-10(11-4)8-12-7-9(2)3/h9H,5-8H2,1-4H3. The van der Waals surface area contributed by atoms with Crippen molar-refractivity contribution in [3.05, 3.63) is 0 Å². The van der Waals surface area contributed by atoms with Gasteiger partial charge in [-0.3, -0.25) is 9.68 Å². The maximum absolute atomic E-state index is 5.32. The van der Waals surface area contributed by atoms with Crippen LogP contribution in [0.5, 0.6) is 0 Å². The Balaban J connectivity index is 3.36. The van der Waals surface area contributed by atoms with Gasteiger partial charge in [-0.25, -0.2) is 0 Å². The van der Waals surface area contributed by atoms with Gasteiger partial charge >= 0.3 is 0 Å². The molecule has 0 saturated carbocycles. The Bertz CT molecular complexity index is 109. The quantitative estimate of drug-likeness (QED) is 0.432. The first kappa shape index (κ1) is 12.8. The lowest BCUT2D eigenvalue weighted by Crippen LogP contribution is -2.27. The highest BCUT2D eigenvalue weighted by Gasteiger charge is 2.03. The molecule has 13 heavy (non-hydrogen) atoms. The van der Waals surface area contributed by atoms with Crippen molar-refractivity contribution < 1.29 is 14.4 Å². The molecule has 0 spiro atoms. The highest BCUT2D eigenvalue weighted by Crippen LogP contribution is 1.96. The van der Waals surface area contributed by atoms with Crippen LogP contribution in [0.15, 0.2) is 0 Å². The molecule has 0 aliphatic heterocycles. The van der Waals surface area contributed by atoms with Crippen molar-refractivity contribution in [3.63, 3.8) is 0 Å². The Labute approximate surface area is 80.7 Å². The lowest BCUT2D eigenvalue weighted by Gasteiger charge is -2.18. The molecular formula is C9H21NO3. The van der Waals surface area contributed by atoms with Gasteiger partial charge in [0, 0.05) is 0 Å². The van der Waals surface area contributed by atoms with Crippen LogP contribution in [0.2, 0.25) is 0 Å². The Hall–Kier alpha value is -0.160. The van der Waals surface area contributed by atoms with E-state index in [1.807, 2.05) is 6.92 Å². The molecule has 0 radical (unpaired) electrons. The summed E-state index contributed by atoms with van der Waals surface area (Å²) < 4.78 is 5.32. The molecule has 0 aliphatic carbocycles. The minimum absolute atomic E-state index is 0.356. The van der Waals surface area contributed by atoms with Crippen LogP contribution < -0.4 is 0 Å². The van der Waals surface area contributed by atoms with Crippen molar-refractivity contribution in [1.82, 2.24) is 5.23 Å². The summed E-state index contributed by atoms with van der Waals surface area (Å²) in [6.07, 6.45) is 0.962. The monoisotopic (exact) mass is 191 g/mol. The predicted octanol–water partition coefficient (Wildman–Crippen LogP) is 1.82. The van der Waals surface area contributed by atoms with Gasteiger partial charge in [0.1, 0.15) is 6.73 Å². The fourth-order valence-corrected chi connectivity index (χ4v) is 0.699. The van der Waals surface area contributed by atoms with Gasteiger partial charge in [0.25, 0.3) is 0 Å². The summed E-state index contributed by atoms with van der Waals surface area (Å²) in [5.74, 6) is 0.532. The molecule has 4 heteroatoms. The molecule has 0 bridgehead atoms. The van der Waals surface area contributed by atoms with Crippen LogP contribution in [0.3, 0.4) is 0 Å². The number of nitrogens with zero attached hydrogens (tertiary/aromatic N) is 1. The zero-order valence-electron chi connectivity index (χ0n) is 9.08. The lowest BCUT2D eigenvalue weighted by atomic mass is 10.2. The van der Waals surface area contributed by atoms with Crippen LogP contribution in [-0.4, -0.2) is 32.3 Å². The third kappa shape index (κ3) is 8.18. The van der Waals surface area contributed by atoms with Gasteiger partial charge in [-0.05, 0) is 17.6 Å². The summed E-state index contributed by atoms with van der Waals surface area (Å²) in [6.45, 7) is 7.97. The summed E-state index contributed by atoms with van der Waals surface area (Å²) in [5, 5.41) is 1.35. The van der Waals surface area contributed by atoms with Gasteiger partial charge in [-0.2, -0.15) is 0 Å². The molecule has 0 amide bonds. The van der Waals surface area contributed by atoms with Crippen molar-refractivity contribution in [2.45, 2.75) is 27.2 Å². The topological polar surface area (TPSA) is 30.9 Å². The van der Waals surface area contributed by atoms with Crippen molar-refractivity contribution >= 4 is 0 Å². The maximum atomic E-state index is 5.32. The van der Waals surface area contributed by atoms with E-state index in [1.54, 1.807) is 7.11 Å². The van der Waals surface area contributed by atoms with Gasteiger partial charge in [-0.1, -0.05) is 20.8 Å². The van der Waals surface area contributed by atoms with E-state index in [0.29, 0.717) is 19.3 Å². The average Bonchev–Trinajstić information content (AvgIpc) is 2.10. The van der Waals surface area contributed by atoms with Crippen LogP contribution in [0.25, 0.3) is 0 Å². The number of hydroxylamine groups is 2. The SMILES string of the molecule is CCCON(COCC(C)C)OC. The first-order chi connectivity index (χ1) is 6.20. The smallest absolute Gasteiger partial charge is 0.149 e. The van der Waals surface area contributed by atoms with Crippen molar-refractivity contribution in [2.75, 3.05) is 27.1 Å². The van der Waals surface area contributed by atoms with Crippen LogP contribution in [-0.2, 0) is 14.4 Å². The summed E-state index contributed by atoms with van der Waals surface area (Å²) in [7, 11) is 1.56. The lowest BCUT2D eigenvalue weighted by molar-refractivity contribution is -0.384. The van der Waals surface area contributed by atoms with E-state index in [4.69, 9.17) is 14.4 Å². The highest BCUT2D eigenvalue weighted by molar-refractivity contribution is 4.37. The highest BCUT2D eigenvalue weighted by atomic mass is 17.0. The molecular weight excluding hydrogens is 170 g/mol. The van der Waals surface area contributed by atoms with Crippen LogP contribution >= 0.6 is 0 Å². The molecule has 0 aromatic rings. The van der Waals surface area contributed by atoms with E-state index in [2.05, 4.69) is 13.8 Å². The van der Waals surface area contributed by atoms with Gasteiger partial charge in [0.15, 0.2) is 0 Å². The first-order valence-corrected chi connectivity index (χ1v) is 4.73. The van der Waals surface area contributed by atoms with E-state index in [9.17, 15) is 0 Å². The Kier molecular flexibility index (Phi) is 8.33. The third-order valence-electron chi connectivity index (χ3n) is 1.29. The molecule has 0 rings (SSSR count). The number of hydrogen-bond acceptors (Lipinski definition) is 4. The minimum Gasteiger partial charge on any atom is -0.361 e. The fraction of sp³-hybridized carbons (Fsp3) is 1.00. The molecule has 4 nitrogen and oxygen atoms in total. The van der Waals surface area contributed by atoms with Gasteiger partial charge in [0.05, 0.1) is 20.3 Å². The second kappa shape index (κ2) is 8.44. The second-order valence-corrected chi connectivity index (χ2v) is 3.24. The second-order valence-electron chi connectivity index (χ2n) is 3.24. The van der Waals surface area contributed by atoms with Crippen molar-refractivity contribution in [2.24, 2.45) is 5.92 Å². The number of hydrogen-bond donors (Lipinski definition) is 0. The summed E-state index contributed by atoms with van der Waals surface area (Å²) in [6, 6.07) is 0. The minimum atomic E-state index is 0.356. The third-order valence-corrected chi connectivity index (χ3v) is 1.29. The first-order valence-electron chi connectivity index (χ1n) is 4.73. The van der Waals surface area contributed by atoms with Crippen LogP contribution in [0, 0.1) is 5.92 Å². The van der Waals surface area contributed by atoms with E-state index in [-0.39, 0.29) is 0 Å².